The molecule has 1 rings (SSSR count). The second kappa shape index (κ2) is 6.29. The third kappa shape index (κ3) is 5.06. The summed E-state index contributed by atoms with van der Waals surface area (Å²) in [7, 11) is 0. The van der Waals surface area contributed by atoms with Crippen molar-refractivity contribution in [3.05, 3.63) is 33.5 Å². The van der Waals surface area contributed by atoms with Crippen LogP contribution in [0.2, 0.25) is 0 Å². The van der Waals surface area contributed by atoms with Crippen LogP contribution in [-0.4, -0.2) is 6.36 Å². The predicted octanol–water partition coefficient (Wildman–Crippen LogP) is 3.53. The van der Waals surface area contributed by atoms with Crippen molar-refractivity contribution in [1.82, 2.24) is 0 Å². The fourth-order valence-electron chi connectivity index (χ4n) is 1.05. The first-order valence-corrected chi connectivity index (χ1v) is 5.76. The largest absolute Gasteiger partial charge is 0.573 e. The molecule has 0 aliphatic heterocycles. The summed E-state index contributed by atoms with van der Waals surface area (Å²) in [6, 6.07) is 6.96. The van der Waals surface area contributed by atoms with Crippen molar-refractivity contribution >= 4 is 28.3 Å². The van der Waals surface area contributed by atoms with E-state index in [2.05, 4.69) is 10.1 Å². The molecule has 1 aromatic rings. The van der Waals surface area contributed by atoms with Crippen LogP contribution in [0.15, 0.2) is 30.0 Å². The van der Waals surface area contributed by atoms with Gasteiger partial charge in [-0.2, -0.15) is 10.5 Å². The van der Waals surface area contributed by atoms with Crippen molar-refractivity contribution in [3.63, 3.8) is 0 Å². The molecular formula is C11H5F3IN3O. The Bertz CT molecular complexity index is 568. The van der Waals surface area contributed by atoms with Gasteiger partial charge in [0, 0.05) is 9.77 Å². The van der Waals surface area contributed by atoms with E-state index in [9.17, 15) is 13.2 Å². The Kier molecular flexibility index (Phi) is 5.01. The molecule has 8 heteroatoms. The number of allylic oxidation sites excluding steroid dienone is 1. The molecule has 0 aliphatic rings. The summed E-state index contributed by atoms with van der Waals surface area (Å²) in [5.41, 5.74) is 0.310. The van der Waals surface area contributed by atoms with Crippen LogP contribution in [0.1, 0.15) is 0 Å². The molecule has 1 aromatic carbocycles. The van der Waals surface area contributed by atoms with Crippen molar-refractivity contribution in [1.29, 1.82) is 10.5 Å². The van der Waals surface area contributed by atoms with Gasteiger partial charge >= 0.3 is 6.36 Å². The minimum absolute atomic E-state index is 0.147. The molecule has 4 nitrogen and oxygen atoms in total. The molecule has 0 heterocycles. The summed E-state index contributed by atoms with van der Waals surface area (Å²) in [5.74, 6) is -0.341. The maximum Gasteiger partial charge on any atom is 0.573 e. The standard InChI is InChI=1S/C11H5F3IN3O/c12-11(13,14)19-8-1-2-10(9(15)3-8)18-6-7(4-16)5-17/h1-3,6,18H. The number of hydrogen-bond donors (Lipinski definition) is 1. The molecule has 0 aliphatic carbocycles. The molecule has 0 amide bonds. The lowest BCUT2D eigenvalue weighted by molar-refractivity contribution is -0.274. The zero-order valence-electron chi connectivity index (χ0n) is 9.12. The van der Waals surface area contributed by atoms with Crippen LogP contribution >= 0.6 is 22.6 Å². The first kappa shape index (κ1) is 15.1. The van der Waals surface area contributed by atoms with Crippen LogP contribution in [0.25, 0.3) is 0 Å². The molecule has 19 heavy (non-hydrogen) atoms. The number of halogens is 4. The summed E-state index contributed by atoms with van der Waals surface area (Å²) in [4.78, 5) is 0. The minimum atomic E-state index is -4.74. The normalized spacial score (nSPS) is 10.0. The monoisotopic (exact) mass is 379 g/mol. The number of ether oxygens (including phenoxy) is 1. The Hall–Kier alpha value is -1.94. The SMILES string of the molecule is N#CC(C#N)=CNc1ccc(OC(F)(F)F)cc1I. The number of hydrogen-bond acceptors (Lipinski definition) is 4. The van der Waals surface area contributed by atoms with Gasteiger partial charge in [0.2, 0.25) is 0 Å². The maximum atomic E-state index is 12.0. The van der Waals surface area contributed by atoms with Crippen molar-refractivity contribution in [2.75, 3.05) is 5.32 Å². The zero-order valence-corrected chi connectivity index (χ0v) is 11.3. The van der Waals surface area contributed by atoms with E-state index in [-0.39, 0.29) is 11.3 Å². The highest BCUT2D eigenvalue weighted by atomic mass is 127. The molecular weight excluding hydrogens is 374 g/mol. The summed E-state index contributed by atoms with van der Waals surface area (Å²) in [5, 5.41) is 19.7. The average Bonchev–Trinajstić information content (AvgIpc) is 2.30. The van der Waals surface area contributed by atoms with Gasteiger partial charge < -0.3 is 10.1 Å². The lowest BCUT2D eigenvalue weighted by Crippen LogP contribution is -2.17. The summed E-state index contributed by atoms with van der Waals surface area (Å²) in [6.07, 6.45) is -3.57. The van der Waals surface area contributed by atoms with E-state index in [0.29, 0.717) is 9.26 Å². The molecule has 0 bridgehead atoms. The second-order valence-electron chi connectivity index (χ2n) is 3.12. The first-order chi connectivity index (χ1) is 8.85. The lowest BCUT2D eigenvalue weighted by Gasteiger charge is -2.10. The molecule has 0 aromatic heterocycles. The van der Waals surface area contributed by atoms with Gasteiger partial charge in [-0.25, -0.2) is 0 Å². The lowest BCUT2D eigenvalue weighted by atomic mass is 10.3. The highest BCUT2D eigenvalue weighted by Gasteiger charge is 2.31. The molecule has 0 fully saturated rings. The summed E-state index contributed by atoms with van der Waals surface area (Å²) >= 11 is 1.80. The van der Waals surface area contributed by atoms with E-state index < -0.39 is 6.36 Å². The number of nitrogens with zero attached hydrogens (tertiary/aromatic N) is 2. The molecule has 1 N–H and O–H groups in total. The number of nitrogens with one attached hydrogen (secondary N) is 1. The van der Waals surface area contributed by atoms with Crippen molar-refractivity contribution < 1.29 is 17.9 Å². The minimum Gasteiger partial charge on any atom is -0.406 e. The molecule has 0 atom stereocenters. The topological polar surface area (TPSA) is 68.8 Å². The summed E-state index contributed by atoms with van der Waals surface area (Å²) < 4.78 is 40.2. The van der Waals surface area contributed by atoms with Crippen molar-refractivity contribution in [2.45, 2.75) is 6.36 Å². The molecule has 0 unspecified atom stereocenters. The van der Waals surface area contributed by atoms with Gasteiger partial charge in [-0.3, -0.25) is 0 Å². The van der Waals surface area contributed by atoms with Crippen molar-refractivity contribution in [2.24, 2.45) is 0 Å². The fourth-order valence-corrected chi connectivity index (χ4v) is 1.69. The molecule has 98 valence electrons. The quantitative estimate of drug-likeness (QED) is 0.645. The van der Waals surface area contributed by atoms with Gasteiger partial charge in [-0.1, -0.05) is 0 Å². The van der Waals surface area contributed by atoms with Crippen LogP contribution in [0.4, 0.5) is 18.9 Å². The predicted molar refractivity (Wildman–Crippen MR) is 68.8 cm³/mol. The number of benzene rings is 1. The van der Waals surface area contributed by atoms with Gasteiger partial charge in [0.1, 0.15) is 23.5 Å². The molecule has 0 saturated heterocycles. The Morgan fingerprint density at radius 1 is 1.32 bits per heavy atom. The molecule has 0 saturated carbocycles. The van der Waals surface area contributed by atoms with E-state index in [1.165, 1.54) is 18.3 Å². The number of anilines is 1. The fraction of sp³-hybridized carbons (Fsp3) is 0.0909. The van der Waals surface area contributed by atoms with E-state index in [1.807, 2.05) is 0 Å². The van der Waals surface area contributed by atoms with E-state index in [0.717, 1.165) is 6.07 Å². The van der Waals surface area contributed by atoms with Crippen molar-refractivity contribution in [3.8, 4) is 17.9 Å². The van der Waals surface area contributed by atoms with Crippen LogP contribution in [-0.2, 0) is 0 Å². The van der Waals surface area contributed by atoms with Crippen LogP contribution in [0.5, 0.6) is 5.75 Å². The highest BCUT2D eigenvalue weighted by molar-refractivity contribution is 14.1. The van der Waals surface area contributed by atoms with E-state index in [4.69, 9.17) is 10.5 Å². The van der Waals surface area contributed by atoms with Gasteiger partial charge in [-0.15, -0.1) is 13.2 Å². The molecule has 0 radical (unpaired) electrons. The Morgan fingerprint density at radius 3 is 2.42 bits per heavy atom. The van der Waals surface area contributed by atoms with Crippen LogP contribution in [0.3, 0.4) is 0 Å². The number of nitriles is 2. The number of alkyl halides is 3. The Balaban J connectivity index is 2.88. The van der Waals surface area contributed by atoms with Gasteiger partial charge in [-0.05, 0) is 40.8 Å². The molecule has 0 spiro atoms. The highest BCUT2D eigenvalue weighted by Crippen LogP contribution is 2.28. The Labute approximate surface area is 120 Å². The van der Waals surface area contributed by atoms with Crippen LogP contribution < -0.4 is 10.1 Å². The third-order valence-electron chi connectivity index (χ3n) is 1.79. The van der Waals surface area contributed by atoms with Gasteiger partial charge in [0.05, 0.1) is 5.69 Å². The Morgan fingerprint density at radius 2 is 1.95 bits per heavy atom. The maximum absolute atomic E-state index is 12.0. The average molecular weight is 379 g/mol. The van der Waals surface area contributed by atoms with E-state index >= 15 is 0 Å². The summed E-state index contributed by atoms with van der Waals surface area (Å²) in [6.45, 7) is 0. The third-order valence-corrected chi connectivity index (χ3v) is 2.68. The first-order valence-electron chi connectivity index (χ1n) is 4.68. The van der Waals surface area contributed by atoms with Gasteiger partial charge in [0.15, 0.2) is 0 Å². The smallest absolute Gasteiger partial charge is 0.406 e. The zero-order chi connectivity index (χ0) is 14.5. The number of rotatable bonds is 3. The second-order valence-corrected chi connectivity index (χ2v) is 4.28. The van der Waals surface area contributed by atoms with E-state index in [1.54, 1.807) is 34.7 Å². The van der Waals surface area contributed by atoms with Crippen LogP contribution in [0, 0.1) is 26.2 Å². The van der Waals surface area contributed by atoms with Gasteiger partial charge in [0.25, 0.3) is 0 Å².